The van der Waals surface area contributed by atoms with Gasteiger partial charge < -0.3 is 0 Å². The highest BCUT2D eigenvalue weighted by atomic mass is 35.5. The molecule has 2 rings (SSSR count). The quantitative estimate of drug-likeness (QED) is 0.660. The second-order valence-electron chi connectivity index (χ2n) is 3.91. The zero-order chi connectivity index (χ0) is 13.0. The highest BCUT2D eigenvalue weighted by Crippen LogP contribution is 2.25. The molecular weight excluding hydrogens is 253 g/mol. The Kier molecular flexibility index (Phi) is 4.25. The van der Waals surface area contributed by atoms with E-state index in [0.717, 1.165) is 5.56 Å². The van der Waals surface area contributed by atoms with Crippen molar-refractivity contribution in [2.24, 2.45) is 5.84 Å². The third-order valence-corrected chi connectivity index (χ3v) is 3.11. The standard InChI is InChI=1S/C13H13ClFN3/c14-11-4-1-5-12(15)10(11)7-13(18-16)9-3-2-6-17-8-9/h1-6,8,13,18H,7,16H2. The monoisotopic (exact) mass is 265 g/mol. The van der Waals surface area contributed by atoms with Gasteiger partial charge in [0.15, 0.2) is 0 Å². The van der Waals surface area contributed by atoms with E-state index in [1.165, 1.54) is 6.07 Å². The molecule has 94 valence electrons. The number of benzene rings is 1. The fourth-order valence-corrected chi connectivity index (χ4v) is 2.03. The first-order valence-corrected chi connectivity index (χ1v) is 5.89. The second kappa shape index (κ2) is 5.91. The Labute approximate surface area is 110 Å². The van der Waals surface area contributed by atoms with Crippen LogP contribution < -0.4 is 11.3 Å². The molecule has 3 nitrogen and oxygen atoms in total. The van der Waals surface area contributed by atoms with Gasteiger partial charge in [-0.1, -0.05) is 23.7 Å². The third-order valence-electron chi connectivity index (χ3n) is 2.76. The van der Waals surface area contributed by atoms with Crippen molar-refractivity contribution >= 4 is 11.6 Å². The van der Waals surface area contributed by atoms with Crippen LogP contribution in [0.2, 0.25) is 5.02 Å². The summed E-state index contributed by atoms with van der Waals surface area (Å²) in [4.78, 5) is 4.02. The van der Waals surface area contributed by atoms with Crippen molar-refractivity contribution in [3.05, 3.63) is 64.7 Å². The lowest BCUT2D eigenvalue weighted by molar-refractivity contribution is 0.528. The van der Waals surface area contributed by atoms with Gasteiger partial charge in [-0.25, -0.2) is 4.39 Å². The van der Waals surface area contributed by atoms with Crippen molar-refractivity contribution in [2.45, 2.75) is 12.5 Å². The summed E-state index contributed by atoms with van der Waals surface area (Å²) < 4.78 is 13.7. The zero-order valence-corrected chi connectivity index (χ0v) is 10.4. The lowest BCUT2D eigenvalue weighted by Gasteiger charge is -2.17. The van der Waals surface area contributed by atoms with Crippen LogP contribution in [-0.4, -0.2) is 4.98 Å². The van der Waals surface area contributed by atoms with Crippen LogP contribution in [0.25, 0.3) is 0 Å². The second-order valence-corrected chi connectivity index (χ2v) is 4.32. The maximum absolute atomic E-state index is 13.7. The number of nitrogens with two attached hydrogens (primary N) is 1. The molecule has 0 spiro atoms. The Bertz CT molecular complexity index is 499. The Balaban J connectivity index is 2.26. The van der Waals surface area contributed by atoms with Gasteiger partial charge in [0, 0.05) is 23.0 Å². The molecule has 1 aromatic carbocycles. The van der Waals surface area contributed by atoms with Crippen molar-refractivity contribution < 1.29 is 4.39 Å². The van der Waals surface area contributed by atoms with E-state index in [1.807, 2.05) is 12.1 Å². The number of nitrogens with one attached hydrogen (secondary N) is 1. The van der Waals surface area contributed by atoms with Gasteiger partial charge in [-0.2, -0.15) is 0 Å². The van der Waals surface area contributed by atoms with E-state index in [2.05, 4.69) is 10.4 Å². The van der Waals surface area contributed by atoms with Crippen molar-refractivity contribution in [3.63, 3.8) is 0 Å². The Hall–Kier alpha value is -1.49. The highest BCUT2D eigenvalue weighted by molar-refractivity contribution is 6.31. The summed E-state index contributed by atoms with van der Waals surface area (Å²) in [6, 6.07) is 8.09. The summed E-state index contributed by atoms with van der Waals surface area (Å²) in [6.07, 6.45) is 3.74. The fourth-order valence-electron chi connectivity index (χ4n) is 1.79. The van der Waals surface area contributed by atoms with Crippen molar-refractivity contribution in [1.82, 2.24) is 10.4 Å². The van der Waals surface area contributed by atoms with Crippen molar-refractivity contribution in [2.75, 3.05) is 0 Å². The molecule has 1 heterocycles. The van der Waals surface area contributed by atoms with Crippen LogP contribution in [0.3, 0.4) is 0 Å². The molecule has 0 saturated heterocycles. The molecule has 0 saturated carbocycles. The van der Waals surface area contributed by atoms with E-state index >= 15 is 0 Å². The summed E-state index contributed by atoms with van der Waals surface area (Å²) >= 11 is 5.99. The average Bonchev–Trinajstić information content (AvgIpc) is 2.40. The van der Waals surface area contributed by atoms with Gasteiger partial charge in [-0.05, 0) is 30.2 Å². The highest BCUT2D eigenvalue weighted by Gasteiger charge is 2.15. The Morgan fingerprint density at radius 1 is 1.33 bits per heavy atom. The normalized spacial score (nSPS) is 12.4. The minimum atomic E-state index is -0.327. The van der Waals surface area contributed by atoms with Crippen LogP contribution in [0.5, 0.6) is 0 Å². The molecule has 0 amide bonds. The van der Waals surface area contributed by atoms with Crippen LogP contribution in [0.1, 0.15) is 17.2 Å². The molecule has 0 bridgehead atoms. The number of halogens is 2. The number of hydrazine groups is 1. The van der Waals surface area contributed by atoms with E-state index in [4.69, 9.17) is 17.4 Å². The molecule has 0 aliphatic heterocycles. The van der Waals surface area contributed by atoms with Gasteiger partial charge in [-0.3, -0.25) is 16.3 Å². The van der Waals surface area contributed by atoms with Crippen LogP contribution in [0.4, 0.5) is 4.39 Å². The average molecular weight is 266 g/mol. The molecule has 2 aromatic rings. The third kappa shape index (κ3) is 2.85. The number of aromatic nitrogens is 1. The van der Waals surface area contributed by atoms with E-state index < -0.39 is 0 Å². The maximum atomic E-state index is 13.7. The summed E-state index contributed by atoms with van der Waals surface area (Å²) in [5.41, 5.74) is 3.99. The molecule has 0 fully saturated rings. The minimum absolute atomic E-state index is 0.229. The van der Waals surface area contributed by atoms with E-state index in [1.54, 1.807) is 24.5 Å². The molecule has 5 heteroatoms. The van der Waals surface area contributed by atoms with Crippen LogP contribution in [0, 0.1) is 5.82 Å². The first-order chi connectivity index (χ1) is 8.72. The Morgan fingerprint density at radius 2 is 2.17 bits per heavy atom. The van der Waals surface area contributed by atoms with Crippen LogP contribution in [-0.2, 0) is 6.42 Å². The SMILES string of the molecule is NNC(Cc1c(F)cccc1Cl)c1cccnc1. The molecular formula is C13H13ClFN3. The van der Waals surface area contributed by atoms with Gasteiger partial charge in [0.1, 0.15) is 5.82 Å². The number of rotatable bonds is 4. The van der Waals surface area contributed by atoms with Gasteiger partial charge in [-0.15, -0.1) is 0 Å². The predicted octanol–water partition coefficient (Wildman–Crippen LogP) is 2.62. The molecule has 3 N–H and O–H groups in total. The minimum Gasteiger partial charge on any atom is -0.271 e. The van der Waals surface area contributed by atoms with E-state index in [-0.39, 0.29) is 11.9 Å². The van der Waals surface area contributed by atoms with Crippen molar-refractivity contribution in [1.29, 1.82) is 0 Å². The molecule has 1 unspecified atom stereocenters. The van der Waals surface area contributed by atoms with Crippen LogP contribution >= 0.6 is 11.6 Å². The zero-order valence-electron chi connectivity index (χ0n) is 9.61. The molecule has 0 radical (unpaired) electrons. The molecule has 1 aromatic heterocycles. The first-order valence-electron chi connectivity index (χ1n) is 5.51. The predicted molar refractivity (Wildman–Crippen MR) is 69.4 cm³/mol. The largest absolute Gasteiger partial charge is 0.271 e. The number of nitrogens with zero attached hydrogens (tertiary/aromatic N) is 1. The molecule has 0 aliphatic carbocycles. The Morgan fingerprint density at radius 3 is 2.78 bits per heavy atom. The smallest absolute Gasteiger partial charge is 0.127 e. The van der Waals surface area contributed by atoms with Gasteiger partial charge in [0.2, 0.25) is 0 Å². The van der Waals surface area contributed by atoms with E-state index in [0.29, 0.717) is 17.0 Å². The van der Waals surface area contributed by atoms with Gasteiger partial charge in [0.25, 0.3) is 0 Å². The number of hydrogen-bond donors (Lipinski definition) is 2. The number of hydrogen-bond acceptors (Lipinski definition) is 3. The van der Waals surface area contributed by atoms with Crippen LogP contribution in [0.15, 0.2) is 42.7 Å². The van der Waals surface area contributed by atoms with Gasteiger partial charge >= 0.3 is 0 Å². The summed E-state index contributed by atoms with van der Waals surface area (Å²) in [5.74, 6) is 5.18. The molecule has 1 atom stereocenters. The summed E-state index contributed by atoms with van der Waals surface area (Å²) in [5, 5.41) is 0.402. The summed E-state index contributed by atoms with van der Waals surface area (Å²) in [7, 11) is 0. The first kappa shape index (κ1) is 13.0. The maximum Gasteiger partial charge on any atom is 0.127 e. The van der Waals surface area contributed by atoms with E-state index in [9.17, 15) is 4.39 Å². The summed E-state index contributed by atoms with van der Waals surface area (Å²) in [6.45, 7) is 0. The molecule has 18 heavy (non-hydrogen) atoms. The number of pyridine rings is 1. The lowest BCUT2D eigenvalue weighted by atomic mass is 10.0. The lowest BCUT2D eigenvalue weighted by Crippen LogP contribution is -2.30. The molecule has 0 aliphatic rings. The fraction of sp³-hybridized carbons (Fsp3) is 0.154. The van der Waals surface area contributed by atoms with Gasteiger partial charge in [0.05, 0.1) is 6.04 Å². The van der Waals surface area contributed by atoms with Crippen molar-refractivity contribution in [3.8, 4) is 0 Å². The topological polar surface area (TPSA) is 50.9 Å².